The number of hydrogen-bond acceptors (Lipinski definition) is 3. The number of aromatic amines is 1. The van der Waals surface area contributed by atoms with Gasteiger partial charge in [-0.3, -0.25) is 4.79 Å². The van der Waals surface area contributed by atoms with Crippen LogP contribution in [0.25, 0.3) is 0 Å². The molecule has 1 unspecified atom stereocenters. The van der Waals surface area contributed by atoms with Gasteiger partial charge in [-0.05, 0) is 18.9 Å². The smallest absolute Gasteiger partial charge is 0.251 e. The zero-order chi connectivity index (χ0) is 13.7. The van der Waals surface area contributed by atoms with E-state index in [2.05, 4.69) is 28.7 Å². The first-order valence-electron chi connectivity index (χ1n) is 6.09. The molecule has 19 heavy (non-hydrogen) atoms. The van der Waals surface area contributed by atoms with E-state index in [-0.39, 0.29) is 10.8 Å². The van der Waals surface area contributed by atoms with Gasteiger partial charge in [0.25, 0.3) is 5.56 Å². The molecule has 0 spiro atoms. The Labute approximate surface area is 116 Å². The minimum Gasteiger partial charge on any atom is -0.301 e. The molecule has 1 aromatic carbocycles. The van der Waals surface area contributed by atoms with Crippen LogP contribution in [0.4, 0.5) is 0 Å². The van der Waals surface area contributed by atoms with Crippen molar-refractivity contribution in [2.24, 2.45) is 0 Å². The molecule has 1 N–H and O–H groups in total. The van der Waals surface area contributed by atoms with Gasteiger partial charge in [-0.25, -0.2) is 4.98 Å². The summed E-state index contributed by atoms with van der Waals surface area (Å²) >= 11 is 1.56. The molecule has 0 saturated heterocycles. The van der Waals surface area contributed by atoms with Gasteiger partial charge in [-0.1, -0.05) is 48.2 Å². The molecule has 1 atom stereocenters. The first kappa shape index (κ1) is 13.6. The number of aryl methyl sites for hydroxylation is 1. The van der Waals surface area contributed by atoms with Crippen molar-refractivity contribution in [1.29, 1.82) is 0 Å². The van der Waals surface area contributed by atoms with E-state index in [1.165, 1.54) is 11.6 Å². The van der Waals surface area contributed by atoms with Crippen LogP contribution < -0.4 is 5.56 Å². The lowest BCUT2D eigenvalue weighted by atomic mass is 10.1. The molecule has 0 saturated carbocycles. The second-order valence-electron chi connectivity index (χ2n) is 4.23. The number of nitrogens with one attached hydrogen (secondary N) is 1. The topological polar surface area (TPSA) is 45.8 Å². The van der Waals surface area contributed by atoms with Crippen molar-refractivity contribution in [2.75, 3.05) is 0 Å². The molecule has 0 fully saturated rings. The fourth-order valence-corrected chi connectivity index (χ4v) is 2.96. The van der Waals surface area contributed by atoms with E-state index in [0.717, 1.165) is 12.1 Å². The number of aromatic nitrogens is 2. The van der Waals surface area contributed by atoms with Crippen molar-refractivity contribution < 1.29 is 0 Å². The lowest BCUT2D eigenvalue weighted by Crippen LogP contribution is -2.09. The summed E-state index contributed by atoms with van der Waals surface area (Å²) in [7, 11) is 0. The molecule has 0 radical (unpaired) electrons. The number of thioether (sulfide) groups is 1. The van der Waals surface area contributed by atoms with E-state index in [1.807, 2.05) is 31.2 Å². The zero-order valence-electron chi connectivity index (χ0n) is 10.8. The molecule has 0 bridgehead atoms. The average Bonchev–Trinajstić information content (AvgIpc) is 2.38. The lowest BCUT2D eigenvalue weighted by molar-refractivity contribution is 0.884. The standard InChI is InChI=1S/C15H16N2OS/c1-3-7-13(12-8-5-4-6-9-12)19-15-16-11(2)10-14(18)17-15/h3-6,8-10,13H,1,7H2,2H3,(H,16,17,18). The minimum atomic E-state index is -0.111. The van der Waals surface area contributed by atoms with E-state index < -0.39 is 0 Å². The van der Waals surface area contributed by atoms with E-state index >= 15 is 0 Å². The Balaban J connectivity index is 2.26. The number of rotatable bonds is 5. The molecule has 0 amide bonds. The minimum absolute atomic E-state index is 0.111. The van der Waals surface area contributed by atoms with Gasteiger partial charge in [0.05, 0.1) is 0 Å². The first-order chi connectivity index (χ1) is 9.19. The molecule has 0 aliphatic rings. The van der Waals surface area contributed by atoms with Gasteiger partial charge < -0.3 is 4.98 Å². The van der Waals surface area contributed by atoms with Crippen LogP contribution in [0.2, 0.25) is 0 Å². The summed E-state index contributed by atoms with van der Waals surface area (Å²) in [6.07, 6.45) is 2.71. The molecule has 2 aromatic rings. The molecule has 2 rings (SSSR count). The van der Waals surface area contributed by atoms with Crippen LogP contribution in [-0.2, 0) is 0 Å². The second kappa shape index (κ2) is 6.38. The predicted molar refractivity (Wildman–Crippen MR) is 79.4 cm³/mol. The Kier molecular flexibility index (Phi) is 4.58. The Morgan fingerprint density at radius 3 is 2.79 bits per heavy atom. The van der Waals surface area contributed by atoms with Crippen molar-refractivity contribution in [3.8, 4) is 0 Å². The zero-order valence-corrected chi connectivity index (χ0v) is 11.6. The van der Waals surface area contributed by atoms with E-state index in [4.69, 9.17) is 0 Å². The summed E-state index contributed by atoms with van der Waals surface area (Å²) in [5, 5.41) is 0.865. The molecule has 0 aliphatic heterocycles. The van der Waals surface area contributed by atoms with Gasteiger partial charge in [-0.2, -0.15) is 0 Å². The quantitative estimate of drug-likeness (QED) is 0.515. The van der Waals surface area contributed by atoms with Gasteiger partial charge >= 0.3 is 0 Å². The number of H-pyrrole nitrogens is 1. The maximum atomic E-state index is 11.5. The molecule has 98 valence electrons. The third-order valence-corrected chi connectivity index (χ3v) is 3.82. The van der Waals surface area contributed by atoms with E-state index in [9.17, 15) is 4.79 Å². The van der Waals surface area contributed by atoms with Crippen molar-refractivity contribution in [3.05, 3.63) is 70.7 Å². The fraction of sp³-hybridized carbons (Fsp3) is 0.200. The van der Waals surface area contributed by atoms with Crippen molar-refractivity contribution >= 4 is 11.8 Å². The highest BCUT2D eigenvalue weighted by Crippen LogP contribution is 2.35. The summed E-state index contributed by atoms with van der Waals surface area (Å²) in [6, 6.07) is 11.7. The number of nitrogens with zero attached hydrogens (tertiary/aromatic N) is 1. The predicted octanol–water partition coefficient (Wildman–Crippen LogP) is 3.49. The average molecular weight is 272 g/mol. The van der Waals surface area contributed by atoms with E-state index in [1.54, 1.807) is 11.8 Å². The first-order valence-corrected chi connectivity index (χ1v) is 6.97. The SMILES string of the molecule is C=CCC(Sc1nc(C)cc(=O)[nH]1)c1ccccc1. The highest BCUT2D eigenvalue weighted by atomic mass is 32.2. The summed E-state index contributed by atoms with van der Waals surface area (Å²) in [5.41, 5.74) is 1.83. The van der Waals surface area contributed by atoms with Gasteiger partial charge in [0.15, 0.2) is 5.16 Å². The highest BCUT2D eigenvalue weighted by Gasteiger charge is 2.13. The lowest BCUT2D eigenvalue weighted by Gasteiger charge is -2.14. The summed E-state index contributed by atoms with van der Waals surface area (Å²) < 4.78 is 0. The van der Waals surface area contributed by atoms with Crippen LogP contribution in [0.3, 0.4) is 0 Å². The van der Waals surface area contributed by atoms with Crippen LogP contribution >= 0.6 is 11.8 Å². The maximum absolute atomic E-state index is 11.5. The Bertz CT molecular complexity index is 607. The second-order valence-corrected chi connectivity index (χ2v) is 5.42. The summed E-state index contributed by atoms with van der Waals surface area (Å²) in [5.74, 6) is 0. The summed E-state index contributed by atoms with van der Waals surface area (Å²) in [4.78, 5) is 18.6. The molecular weight excluding hydrogens is 256 g/mol. The van der Waals surface area contributed by atoms with E-state index in [0.29, 0.717) is 5.16 Å². The highest BCUT2D eigenvalue weighted by molar-refractivity contribution is 7.99. The normalized spacial score (nSPS) is 12.1. The number of hydrogen-bond donors (Lipinski definition) is 1. The van der Waals surface area contributed by atoms with Crippen LogP contribution in [0.5, 0.6) is 0 Å². The molecule has 0 aliphatic carbocycles. The van der Waals surface area contributed by atoms with Gasteiger partial charge in [-0.15, -0.1) is 6.58 Å². The molecule has 4 heteroatoms. The fourth-order valence-electron chi connectivity index (χ4n) is 1.81. The molecule has 1 aromatic heterocycles. The van der Waals surface area contributed by atoms with Crippen LogP contribution in [-0.4, -0.2) is 9.97 Å². The Morgan fingerprint density at radius 2 is 2.16 bits per heavy atom. The van der Waals surface area contributed by atoms with Crippen molar-refractivity contribution in [3.63, 3.8) is 0 Å². The molecule has 3 nitrogen and oxygen atoms in total. The van der Waals surface area contributed by atoms with Gasteiger partial charge in [0.1, 0.15) is 0 Å². The summed E-state index contributed by atoms with van der Waals surface area (Å²) in [6.45, 7) is 5.62. The third-order valence-electron chi connectivity index (χ3n) is 2.65. The van der Waals surface area contributed by atoms with Crippen LogP contribution in [0.15, 0.2) is 59.0 Å². The maximum Gasteiger partial charge on any atom is 0.251 e. The largest absolute Gasteiger partial charge is 0.301 e. The monoisotopic (exact) mass is 272 g/mol. The van der Waals surface area contributed by atoms with Crippen molar-refractivity contribution in [1.82, 2.24) is 9.97 Å². The van der Waals surface area contributed by atoms with Crippen molar-refractivity contribution in [2.45, 2.75) is 23.8 Å². The third kappa shape index (κ3) is 3.83. The number of benzene rings is 1. The Morgan fingerprint density at radius 1 is 1.42 bits per heavy atom. The number of allylic oxidation sites excluding steroid dienone is 1. The molecule has 1 heterocycles. The Hall–Kier alpha value is -1.81. The molecular formula is C15H16N2OS. The van der Waals surface area contributed by atoms with Crippen LogP contribution in [0, 0.1) is 6.92 Å². The van der Waals surface area contributed by atoms with Gasteiger partial charge in [0, 0.05) is 17.0 Å². The van der Waals surface area contributed by atoms with Gasteiger partial charge in [0.2, 0.25) is 0 Å². The van der Waals surface area contributed by atoms with Crippen LogP contribution in [0.1, 0.15) is 22.9 Å².